The molecule has 2 aromatic carbocycles. The molecule has 0 heterocycles. The third-order valence-electron chi connectivity index (χ3n) is 3.19. The van der Waals surface area contributed by atoms with Gasteiger partial charge in [-0.1, -0.05) is 17.7 Å². The van der Waals surface area contributed by atoms with E-state index in [2.05, 4.69) is 5.32 Å². The van der Waals surface area contributed by atoms with E-state index in [-0.39, 0.29) is 23.3 Å². The number of amides is 1. The van der Waals surface area contributed by atoms with E-state index in [4.69, 9.17) is 25.8 Å². The van der Waals surface area contributed by atoms with E-state index >= 15 is 0 Å². The summed E-state index contributed by atoms with van der Waals surface area (Å²) in [6.45, 7) is 0.0817. The zero-order chi connectivity index (χ0) is 17.5. The van der Waals surface area contributed by atoms with Crippen molar-refractivity contribution in [2.24, 2.45) is 0 Å². The first-order valence-corrected chi connectivity index (χ1v) is 7.46. The van der Waals surface area contributed by atoms with Gasteiger partial charge in [-0.2, -0.15) is 0 Å². The fraction of sp³-hybridized carbons (Fsp3) is 0.235. The van der Waals surface area contributed by atoms with Gasteiger partial charge in [0.15, 0.2) is 18.1 Å². The topological polar surface area (TPSA) is 56.8 Å². The molecule has 0 aliphatic rings. The molecule has 0 aliphatic heterocycles. The lowest BCUT2D eigenvalue weighted by Crippen LogP contribution is -2.28. The van der Waals surface area contributed by atoms with Gasteiger partial charge < -0.3 is 19.5 Å². The molecule has 0 radical (unpaired) electrons. The maximum atomic E-state index is 12.9. The Hall–Kier alpha value is -2.47. The normalized spacial score (nSPS) is 10.2. The second-order valence-electron chi connectivity index (χ2n) is 4.83. The first kappa shape index (κ1) is 17.9. The molecular weight excluding hydrogens is 337 g/mol. The Morgan fingerprint density at radius 2 is 1.79 bits per heavy atom. The van der Waals surface area contributed by atoms with Crippen molar-refractivity contribution in [3.8, 4) is 17.2 Å². The smallest absolute Gasteiger partial charge is 0.258 e. The summed E-state index contributed by atoms with van der Waals surface area (Å²) < 4.78 is 28.6. The predicted molar refractivity (Wildman–Crippen MR) is 88.3 cm³/mol. The number of halogens is 2. The summed E-state index contributed by atoms with van der Waals surface area (Å²) in [5.74, 6) is 0.648. The summed E-state index contributed by atoms with van der Waals surface area (Å²) in [5.41, 5.74) is 0.848. The standard InChI is InChI=1S/C17H17ClFNO4/c1-22-15-5-3-11(7-16(15)23-2)9-20-17(21)10-24-14-6-4-12(19)8-13(14)18/h3-8H,9-10H2,1-2H3,(H,20,21). The number of hydrogen-bond donors (Lipinski definition) is 1. The third-order valence-corrected chi connectivity index (χ3v) is 3.49. The summed E-state index contributed by atoms with van der Waals surface area (Å²) >= 11 is 5.83. The molecule has 2 rings (SSSR count). The van der Waals surface area contributed by atoms with E-state index in [9.17, 15) is 9.18 Å². The predicted octanol–water partition coefficient (Wildman–Crippen LogP) is 3.19. The van der Waals surface area contributed by atoms with E-state index in [1.807, 2.05) is 6.07 Å². The fourth-order valence-electron chi connectivity index (χ4n) is 1.98. The van der Waals surface area contributed by atoms with Gasteiger partial charge in [0.2, 0.25) is 0 Å². The highest BCUT2D eigenvalue weighted by atomic mass is 35.5. The van der Waals surface area contributed by atoms with Crippen molar-refractivity contribution in [3.05, 3.63) is 52.8 Å². The summed E-state index contributed by atoms with van der Waals surface area (Å²) in [5, 5.41) is 2.82. The Bertz CT molecular complexity index is 724. The molecule has 128 valence electrons. The highest BCUT2D eigenvalue weighted by molar-refractivity contribution is 6.32. The van der Waals surface area contributed by atoms with Gasteiger partial charge in [0.1, 0.15) is 11.6 Å². The van der Waals surface area contributed by atoms with Gasteiger partial charge in [-0.3, -0.25) is 4.79 Å². The van der Waals surface area contributed by atoms with Crippen molar-refractivity contribution in [2.45, 2.75) is 6.54 Å². The van der Waals surface area contributed by atoms with Crippen LogP contribution in [0.3, 0.4) is 0 Å². The highest BCUT2D eigenvalue weighted by Gasteiger charge is 2.08. The number of ether oxygens (including phenoxy) is 3. The molecule has 0 saturated heterocycles. The summed E-state index contributed by atoms with van der Waals surface area (Å²) in [4.78, 5) is 11.8. The van der Waals surface area contributed by atoms with Crippen LogP contribution in [-0.2, 0) is 11.3 Å². The average Bonchev–Trinajstić information content (AvgIpc) is 2.58. The Labute approximate surface area is 144 Å². The van der Waals surface area contributed by atoms with E-state index in [1.165, 1.54) is 12.1 Å². The zero-order valence-electron chi connectivity index (χ0n) is 13.3. The monoisotopic (exact) mass is 353 g/mol. The molecule has 0 fully saturated rings. The molecule has 0 bridgehead atoms. The molecule has 2 aromatic rings. The highest BCUT2D eigenvalue weighted by Crippen LogP contribution is 2.27. The molecule has 24 heavy (non-hydrogen) atoms. The molecular formula is C17H17ClFNO4. The first-order valence-electron chi connectivity index (χ1n) is 7.09. The van der Waals surface area contributed by atoms with Crippen molar-refractivity contribution in [1.82, 2.24) is 5.32 Å². The van der Waals surface area contributed by atoms with Gasteiger partial charge in [0.05, 0.1) is 19.2 Å². The molecule has 0 unspecified atom stereocenters. The van der Waals surface area contributed by atoms with E-state index in [1.54, 1.807) is 26.4 Å². The summed E-state index contributed by atoms with van der Waals surface area (Å²) in [6, 6.07) is 9.06. The second-order valence-corrected chi connectivity index (χ2v) is 5.24. The quantitative estimate of drug-likeness (QED) is 0.830. The van der Waals surface area contributed by atoms with Crippen LogP contribution in [0.4, 0.5) is 4.39 Å². The fourth-order valence-corrected chi connectivity index (χ4v) is 2.20. The van der Waals surface area contributed by atoms with Crippen LogP contribution in [0.5, 0.6) is 17.2 Å². The van der Waals surface area contributed by atoms with E-state index in [0.29, 0.717) is 18.0 Å². The van der Waals surface area contributed by atoms with Gasteiger partial charge in [0, 0.05) is 6.54 Å². The summed E-state index contributed by atoms with van der Waals surface area (Å²) in [7, 11) is 3.09. The lowest BCUT2D eigenvalue weighted by Gasteiger charge is -2.11. The largest absolute Gasteiger partial charge is 0.493 e. The number of rotatable bonds is 7. The van der Waals surface area contributed by atoms with Crippen molar-refractivity contribution in [3.63, 3.8) is 0 Å². The third kappa shape index (κ3) is 4.76. The lowest BCUT2D eigenvalue weighted by atomic mass is 10.2. The van der Waals surface area contributed by atoms with Crippen molar-refractivity contribution >= 4 is 17.5 Å². The maximum Gasteiger partial charge on any atom is 0.258 e. The van der Waals surface area contributed by atoms with Gasteiger partial charge in [-0.15, -0.1) is 0 Å². The first-order chi connectivity index (χ1) is 11.5. The van der Waals surface area contributed by atoms with Crippen LogP contribution in [0, 0.1) is 5.82 Å². The van der Waals surface area contributed by atoms with Gasteiger partial charge >= 0.3 is 0 Å². The maximum absolute atomic E-state index is 12.9. The van der Waals surface area contributed by atoms with Crippen LogP contribution in [-0.4, -0.2) is 26.7 Å². The van der Waals surface area contributed by atoms with Gasteiger partial charge in [0.25, 0.3) is 5.91 Å². The molecule has 0 atom stereocenters. The number of benzene rings is 2. The minimum atomic E-state index is -0.467. The molecule has 0 aromatic heterocycles. The van der Waals surface area contributed by atoms with E-state index in [0.717, 1.165) is 11.6 Å². The molecule has 5 nitrogen and oxygen atoms in total. The van der Waals surface area contributed by atoms with Crippen LogP contribution < -0.4 is 19.5 Å². The van der Waals surface area contributed by atoms with Gasteiger partial charge in [-0.25, -0.2) is 4.39 Å². The number of carbonyl (C=O) groups is 1. The van der Waals surface area contributed by atoms with Crippen LogP contribution in [0.1, 0.15) is 5.56 Å². The number of methoxy groups -OCH3 is 2. The van der Waals surface area contributed by atoms with Crippen molar-refractivity contribution in [2.75, 3.05) is 20.8 Å². The van der Waals surface area contributed by atoms with Crippen LogP contribution in [0.2, 0.25) is 5.02 Å². The Balaban J connectivity index is 1.87. The molecule has 0 saturated carbocycles. The summed E-state index contributed by atoms with van der Waals surface area (Å²) in [6.07, 6.45) is 0. The zero-order valence-corrected chi connectivity index (χ0v) is 14.0. The Morgan fingerprint density at radius 1 is 1.08 bits per heavy atom. The molecule has 1 N–H and O–H groups in total. The molecule has 0 aliphatic carbocycles. The second kappa shape index (κ2) is 8.40. The number of hydrogen-bond acceptors (Lipinski definition) is 4. The molecule has 1 amide bonds. The SMILES string of the molecule is COc1ccc(CNC(=O)COc2ccc(F)cc2Cl)cc1OC. The minimum absolute atomic E-state index is 0.114. The molecule has 7 heteroatoms. The average molecular weight is 354 g/mol. The number of nitrogens with one attached hydrogen (secondary N) is 1. The van der Waals surface area contributed by atoms with Gasteiger partial charge in [-0.05, 0) is 35.9 Å². The van der Waals surface area contributed by atoms with Crippen LogP contribution >= 0.6 is 11.6 Å². The van der Waals surface area contributed by atoms with Crippen LogP contribution in [0.25, 0.3) is 0 Å². The lowest BCUT2D eigenvalue weighted by molar-refractivity contribution is -0.123. The van der Waals surface area contributed by atoms with Crippen LogP contribution in [0.15, 0.2) is 36.4 Å². The van der Waals surface area contributed by atoms with Crippen molar-refractivity contribution < 1.29 is 23.4 Å². The minimum Gasteiger partial charge on any atom is -0.493 e. The number of carbonyl (C=O) groups excluding carboxylic acids is 1. The van der Waals surface area contributed by atoms with E-state index < -0.39 is 5.82 Å². The van der Waals surface area contributed by atoms with Crippen molar-refractivity contribution in [1.29, 1.82) is 0 Å². The molecule has 0 spiro atoms. The Morgan fingerprint density at radius 3 is 2.46 bits per heavy atom. The Kier molecular flexibility index (Phi) is 6.26.